The van der Waals surface area contributed by atoms with Gasteiger partial charge in [0.15, 0.2) is 11.5 Å². The zero-order chi connectivity index (χ0) is 14.0. The molecular formula is C14H19NO4. The highest BCUT2D eigenvalue weighted by molar-refractivity contribution is 5.77. The maximum Gasteiger partial charge on any atom is 0.323 e. The standard InChI is InChI=1S/C14H19NO4/c1-14(2,13(16)17)15(3)9-10-4-5-11-12(8-10)19-7-6-18-11/h4-5,8H,6-7,9H2,1-3H3,(H,16,17). The van der Waals surface area contributed by atoms with Crippen LogP contribution < -0.4 is 9.47 Å². The lowest BCUT2D eigenvalue weighted by Crippen LogP contribution is -2.47. The van der Waals surface area contributed by atoms with Gasteiger partial charge in [0.1, 0.15) is 18.8 Å². The van der Waals surface area contributed by atoms with E-state index < -0.39 is 11.5 Å². The predicted octanol–water partition coefficient (Wildman–Crippen LogP) is 1.75. The minimum atomic E-state index is -0.909. The number of carboxylic acid groups (broad SMARTS) is 1. The van der Waals surface area contributed by atoms with E-state index in [0.29, 0.717) is 19.8 Å². The van der Waals surface area contributed by atoms with E-state index in [1.54, 1.807) is 25.8 Å². The van der Waals surface area contributed by atoms with Crippen molar-refractivity contribution >= 4 is 5.97 Å². The monoisotopic (exact) mass is 265 g/mol. The number of hydrogen-bond acceptors (Lipinski definition) is 4. The van der Waals surface area contributed by atoms with Gasteiger partial charge in [-0.3, -0.25) is 9.69 Å². The van der Waals surface area contributed by atoms with Crippen molar-refractivity contribution in [3.05, 3.63) is 23.8 Å². The van der Waals surface area contributed by atoms with Crippen LogP contribution in [0.2, 0.25) is 0 Å². The molecule has 0 amide bonds. The largest absolute Gasteiger partial charge is 0.486 e. The number of likely N-dealkylation sites (N-methyl/N-ethyl adjacent to an activating group) is 1. The second-order valence-corrected chi connectivity index (χ2v) is 5.20. The number of rotatable bonds is 4. The van der Waals surface area contributed by atoms with Crippen molar-refractivity contribution in [3.8, 4) is 11.5 Å². The third-order valence-electron chi connectivity index (χ3n) is 3.50. The number of carboxylic acids is 1. The molecule has 0 atom stereocenters. The van der Waals surface area contributed by atoms with Gasteiger partial charge in [0.25, 0.3) is 0 Å². The van der Waals surface area contributed by atoms with Crippen molar-refractivity contribution in [1.82, 2.24) is 4.90 Å². The van der Waals surface area contributed by atoms with Crippen LogP contribution in [0, 0.1) is 0 Å². The second-order valence-electron chi connectivity index (χ2n) is 5.20. The molecule has 1 aliphatic heterocycles. The Morgan fingerprint density at radius 2 is 1.95 bits per heavy atom. The highest BCUT2D eigenvalue weighted by Gasteiger charge is 2.32. The Morgan fingerprint density at radius 3 is 2.58 bits per heavy atom. The highest BCUT2D eigenvalue weighted by Crippen LogP contribution is 2.31. The summed E-state index contributed by atoms with van der Waals surface area (Å²) in [4.78, 5) is 13.0. The number of carbonyl (C=O) groups is 1. The molecule has 1 aromatic rings. The fraction of sp³-hybridized carbons (Fsp3) is 0.500. The van der Waals surface area contributed by atoms with Crippen LogP contribution in [0.4, 0.5) is 0 Å². The van der Waals surface area contributed by atoms with Crippen LogP contribution >= 0.6 is 0 Å². The van der Waals surface area contributed by atoms with Crippen molar-refractivity contribution in [1.29, 1.82) is 0 Å². The summed E-state index contributed by atoms with van der Waals surface area (Å²) in [6, 6.07) is 5.70. The first-order valence-electron chi connectivity index (χ1n) is 6.24. The van der Waals surface area contributed by atoms with Crippen LogP contribution in [0.3, 0.4) is 0 Å². The highest BCUT2D eigenvalue weighted by atomic mass is 16.6. The molecule has 5 nitrogen and oxygen atoms in total. The number of benzene rings is 1. The molecule has 0 aromatic heterocycles. The lowest BCUT2D eigenvalue weighted by molar-refractivity contribution is -0.148. The molecule has 0 unspecified atom stereocenters. The molecule has 0 saturated carbocycles. The first kappa shape index (κ1) is 13.7. The van der Waals surface area contributed by atoms with Gasteiger partial charge in [-0.15, -0.1) is 0 Å². The Kier molecular flexibility index (Phi) is 3.66. The molecule has 0 saturated heterocycles. The van der Waals surface area contributed by atoms with Crippen molar-refractivity contribution in [2.45, 2.75) is 25.9 Å². The van der Waals surface area contributed by atoms with Crippen molar-refractivity contribution in [2.24, 2.45) is 0 Å². The van der Waals surface area contributed by atoms with E-state index in [-0.39, 0.29) is 0 Å². The maximum atomic E-state index is 11.2. The molecule has 0 radical (unpaired) electrons. The van der Waals surface area contributed by atoms with Gasteiger partial charge in [0.2, 0.25) is 0 Å². The average Bonchev–Trinajstić information content (AvgIpc) is 2.38. The summed E-state index contributed by atoms with van der Waals surface area (Å²) in [5.74, 6) is 0.632. The van der Waals surface area contributed by atoms with Gasteiger partial charge >= 0.3 is 5.97 Å². The zero-order valence-corrected chi connectivity index (χ0v) is 11.5. The molecular weight excluding hydrogens is 246 g/mol. The Labute approximate surface area is 112 Å². The molecule has 0 aliphatic carbocycles. The number of ether oxygens (including phenoxy) is 2. The van der Waals surface area contributed by atoms with Gasteiger partial charge in [0.05, 0.1) is 0 Å². The molecule has 0 bridgehead atoms. The Morgan fingerprint density at radius 1 is 1.32 bits per heavy atom. The number of hydrogen-bond donors (Lipinski definition) is 1. The summed E-state index contributed by atoms with van der Waals surface area (Å²) in [5.41, 5.74) is 0.0915. The molecule has 5 heteroatoms. The molecule has 0 spiro atoms. The topological polar surface area (TPSA) is 59.0 Å². The molecule has 2 rings (SSSR count). The van der Waals surface area contributed by atoms with Gasteiger partial charge < -0.3 is 14.6 Å². The van der Waals surface area contributed by atoms with E-state index in [9.17, 15) is 9.90 Å². The van der Waals surface area contributed by atoms with Crippen LogP contribution in [0.15, 0.2) is 18.2 Å². The Balaban J connectivity index is 2.13. The lowest BCUT2D eigenvalue weighted by atomic mass is 10.0. The summed E-state index contributed by atoms with van der Waals surface area (Å²) in [6.45, 7) is 5.03. The van der Waals surface area contributed by atoms with E-state index in [1.165, 1.54) is 0 Å². The molecule has 19 heavy (non-hydrogen) atoms. The van der Waals surface area contributed by atoms with Gasteiger partial charge in [-0.2, -0.15) is 0 Å². The molecule has 0 fully saturated rings. The smallest absolute Gasteiger partial charge is 0.323 e. The van der Waals surface area contributed by atoms with Gasteiger partial charge in [0, 0.05) is 6.54 Å². The SMILES string of the molecule is CN(Cc1ccc2c(c1)OCCO2)C(C)(C)C(=O)O. The van der Waals surface area contributed by atoms with E-state index >= 15 is 0 Å². The van der Waals surface area contributed by atoms with Crippen LogP contribution in [0.25, 0.3) is 0 Å². The van der Waals surface area contributed by atoms with Gasteiger partial charge in [-0.25, -0.2) is 0 Å². The summed E-state index contributed by atoms with van der Waals surface area (Å²) < 4.78 is 11.0. The number of nitrogens with zero attached hydrogens (tertiary/aromatic N) is 1. The summed E-state index contributed by atoms with van der Waals surface area (Å²) in [6.07, 6.45) is 0. The van der Waals surface area contributed by atoms with Crippen molar-refractivity contribution < 1.29 is 19.4 Å². The van der Waals surface area contributed by atoms with Gasteiger partial charge in [-0.05, 0) is 38.6 Å². The average molecular weight is 265 g/mol. The number of fused-ring (bicyclic) bond motifs is 1. The minimum Gasteiger partial charge on any atom is -0.486 e. The van der Waals surface area contributed by atoms with E-state index in [4.69, 9.17) is 9.47 Å². The lowest BCUT2D eigenvalue weighted by Gasteiger charge is -2.31. The summed E-state index contributed by atoms with van der Waals surface area (Å²) in [7, 11) is 1.80. The normalized spacial score (nSPS) is 14.5. The van der Waals surface area contributed by atoms with E-state index in [2.05, 4.69) is 0 Å². The summed E-state index contributed by atoms with van der Waals surface area (Å²) in [5, 5.41) is 9.20. The third-order valence-corrected chi connectivity index (χ3v) is 3.50. The van der Waals surface area contributed by atoms with E-state index in [0.717, 1.165) is 17.1 Å². The van der Waals surface area contributed by atoms with E-state index in [1.807, 2.05) is 18.2 Å². The zero-order valence-electron chi connectivity index (χ0n) is 11.5. The van der Waals surface area contributed by atoms with Crippen LogP contribution in [-0.2, 0) is 11.3 Å². The van der Waals surface area contributed by atoms with Crippen LogP contribution in [-0.4, -0.2) is 41.8 Å². The van der Waals surface area contributed by atoms with Crippen LogP contribution in [0.1, 0.15) is 19.4 Å². The quantitative estimate of drug-likeness (QED) is 0.898. The predicted molar refractivity (Wildman–Crippen MR) is 70.6 cm³/mol. The molecule has 1 heterocycles. The maximum absolute atomic E-state index is 11.2. The Hall–Kier alpha value is -1.75. The third kappa shape index (κ3) is 2.81. The molecule has 1 aromatic carbocycles. The van der Waals surface area contributed by atoms with Gasteiger partial charge in [-0.1, -0.05) is 6.07 Å². The fourth-order valence-electron chi connectivity index (χ4n) is 1.82. The molecule has 104 valence electrons. The molecule has 1 aliphatic rings. The fourth-order valence-corrected chi connectivity index (χ4v) is 1.82. The Bertz CT molecular complexity index is 484. The number of aliphatic carboxylic acids is 1. The minimum absolute atomic E-state index is 0.538. The first-order valence-corrected chi connectivity index (χ1v) is 6.24. The summed E-state index contributed by atoms with van der Waals surface area (Å²) >= 11 is 0. The van der Waals surface area contributed by atoms with Crippen LogP contribution in [0.5, 0.6) is 11.5 Å². The first-order chi connectivity index (χ1) is 8.91. The second kappa shape index (κ2) is 5.09. The van der Waals surface area contributed by atoms with Crippen molar-refractivity contribution in [3.63, 3.8) is 0 Å². The van der Waals surface area contributed by atoms with Crippen molar-refractivity contribution in [2.75, 3.05) is 20.3 Å². The molecule has 1 N–H and O–H groups in total.